The Kier molecular flexibility index (Phi) is 1.75. The third kappa shape index (κ3) is 1.000. The van der Waals surface area contributed by atoms with Gasteiger partial charge in [-0.3, -0.25) is 0 Å². The second kappa shape index (κ2) is 2.66. The van der Waals surface area contributed by atoms with Crippen molar-refractivity contribution < 1.29 is 9.68 Å². The maximum absolute atomic E-state index is 9.33. The molecule has 0 aliphatic carbocycles. The molecule has 1 aliphatic rings. The summed E-state index contributed by atoms with van der Waals surface area (Å²) in [6.07, 6.45) is 0. The van der Waals surface area contributed by atoms with Gasteiger partial charge in [0.05, 0.1) is 6.61 Å². The molecule has 5 heteroatoms. The van der Waals surface area contributed by atoms with E-state index in [0.29, 0.717) is 22.8 Å². The fourth-order valence-electron chi connectivity index (χ4n) is 1.34. The van der Waals surface area contributed by atoms with Crippen LogP contribution in [0.5, 0.6) is 0 Å². The molecule has 0 saturated carbocycles. The summed E-state index contributed by atoms with van der Waals surface area (Å²) in [4.78, 5) is 0. The third-order valence-electron chi connectivity index (χ3n) is 1.97. The van der Waals surface area contributed by atoms with Gasteiger partial charge in [-0.05, 0) is 17.7 Å². The van der Waals surface area contributed by atoms with Gasteiger partial charge in [0.2, 0.25) is 0 Å². The minimum Gasteiger partial charge on any atom is -0.423 e. The third-order valence-corrected chi connectivity index (χ3v) is 2.32. The van der Waals surface area contributed by atoms with Crippen LogP contribution in [0.15, 0.2) is 12.1 Å². The highest BCUT2D eigenvalue weighted by Crippen LogP contribution is 2.22. The normalized spacial score (nSPS) is 15.0. The second-order valence-corrected chi connectivity index (χ2v) is 3.10. The summed E-state index contributed by atoms with van der Waals surface area (Å²) < 4.78 is 4.98. The van der Waals surface area contributed by atoms with Crippen LogP contribution in [-0.4, -0.2) is 12.1 Å². The molecule has 0 spiro atoms. The Bertz CT molecular complexity index is 331. The first-order valence-corrected chi connectivity index (χ1v) is 3.94. The van der Waals surface area contributed by atoms with E-state index in [1.165, 1.54) is 0 Å². The van der Waals surface area contributed by atoms with Gasteiger partial charge in [-0.2, -0.15) is 0 Å². The average molecular weight is 183 g/mol. The molecule has 0 aromatic heterocycles. The Morgan fingerprint density at radius 3 is 3.00 bits per heavy atom. The predicted molar refractivity (Wildman–Crippen MR) is 48.3 cm³/mol. The molecule has 1 aromatic rings. The molecule has 0 atom stereocenters. The molecule has 1 heterocycles. The number of rotatable bonds is 0. The summed E-state index contributed by atoms with van der Waals surface area (Å²) in [5.74, 6) is 0. The summed E-state index contributed by atoms with van der Waals surface area (Å²) in [6, 6.07) is 3.37. The lowest BCUT2D eigenvalue weighted by Gasteiger charge is -2.03. The molecule has 0 fully saturated rings. The lowest BCUT2D eigenvalue weighted by molar-refractivity contribution is 0.275. The molecule has 0 radical (unpaired) electrons. The predicted octanol–water partition coefficient (Wildman–Crippen LogP) is 0.140. The van der Waals surface area contributed by atoms with Crippen LogP contribution >= 0.6 is 11.6 Å². The van der Waals surface area contributed by atoms with Gasteiger partial charge in [0.1, 0.15) is 0 Å². The van der Waals surface area contributed by atoms with E-state index in [4.69, 9.17) is 22.0 Å². The number of halogens is 1. The van der Waals surface area contributed by atoms with Crippen LogP contribution in [0.3, 0.4) is 0 Å². The van der Waals surface area contributed by atoms with E-state index in [1.807, 2.05) is 0 Å². The molecule has 0 unspecified atom stereocenters. The first kappa shape index (κ1) is 7.92. The van der Waals surface area contributed by atoms with Gasteiger partial charge >= 0.3 is 7.12 Å². The molecule has 3 nitrogen and oxygen atoms in total. The van der Waals surface area contributed by atoms with Crippen molar-refractivity contribution in [1.29, 1.82) is 0 Å². The monoisotopic (exact) mass is 183 g/mol. The van der Waals surface area contributed by atoms with Crippen LogP contribution in [-0.2, 0) is 11.3 Å². The summed E-state index contributed by atoms with van der Waals surface area (Å²) in [6.45, 7) is 0.334. The molecule has 1 aliphatic heterocycles. The van der Waals surface area contributed by atoms with Crippen LogP contribution in [0.25, 0.3) is 0 Å². The number of hydrogen-bond donors (Lipinski definition) is 2. The van der Waals surface area contributed by atoms with E-state index in [-0.39, 0.29) is 0 Å². The van der Waals surface area contributed by atoms with Crippen molar-refractivity contribution >= 4 is 29.9 Å². The van der Waals surface area contributed by atoms with Crippen molar-refractivity contribution in [1.82, 2.24) is 0 Å². The average Bonchev–Trinajstić information content (AvgIpc) is 2.42. The molecule has 2 rings (SSSR count). The summed E-state index contributed by atoms with van der Waals surface area (Å²) in [5, 5.41) is 9.92. The number of fused-ring (bicyclic) bond motifs is 1. The van der Waals surface area contributed by atoms with Crippen LogP contribution in [0.1, 0.15) is 5.56 Å². The Labute approximate surface area is 75.2 Å². The Morgan fingerprint density at radius 2 is 2.33 bits per heavy atom. The number of benzene rings is 1. The van der Waals surface area contributed by atoms with Gasteiger partial charge in [-0.25, -0.2) is 0 Å². The van der Waals surface area contributed by atoms with E-state index in [2.05, 4.69) is 0 Å². The minimum atomic E-state index is -0.918. The van der Waals surface area contributed by atoms with Crippen LogP contribution < -0.4 is 11.2 Å². The van der Waals surface area contributed by atoms with Gasteiger partial charge in [0.15, 0.2) is 0 Å². The van der Waals surface area contributed by atoms with Gasteiger partial charge < -0.3 is 15.4 Å². The number of anilines is 1. The largest absolute Gasteiger partial charge is 0.493 e. The van der Waals surface area contributed by atoms with Crippen molar-refractivity contribution in [3.63, 3.8) is 0 Å². The lowest BCUT2D eigenvalue weighted by Crippen LogP contribution is -2.30. The van der Waals surface area contributed by atoms with Crippen molar-refractivity contribution in [2.24, 2.45) is 0 Å². The fraction of sp³-hybridized carbons (Fsp3) is 0.143. The molecule has 1 aromatic carbocycles. The molecular formula is C7H7BClNO2. The Morgan fingerprint density at radius 1 is 1.58 bits per heavy atom. The maximum Gasteiger partial charge on any atom is 0.493 e. The number of nitrogens with two attached hydrogens (primary N) is 1. The quantitative estimate of drug-likeness (QED) is 0.444. The van der Waals surface area contributed by atoms with Crippen molar-refractivity contribution in [2.45, 2.75) is 6.61 Å². The smallest absolute Gasteiger partial charge is 0.423 e. The molecule has 3 N–H and O–H groups in total. The Balaban J connectivity index is 2.64. The fourth-order valence-corrected chi connectivity index (χ4v) is 1.56. The first-order chi connectivity index (χ1) is 5.70. The SMILES string of the molecule is Nc1ccc(Cl)c2c1B(O)OC2. The zero-order chi connectivity index (χ0) is 8.72. The zero-order valence-corrected chi connectivity index (χ0v) is 7.01. The van der Waals surface area contributed by atoms with Crippen LogP contribution in [0.4, 0.5) is 5.69 Å². The molecule has 0 amide bonds. The zero-order valence-electron chi connectivity index (χ0n) is 6.25. The van der Waals surface area contributed by atoms with E-state index in [1.54, 1.807) is 12.1 Å². The highest BCUT2D eigenvalue weighted by Gasteiger charge is 2.30. The molecule has 0 bridgehead atoms. The standard InChI is InChI=1S/C7H7BClNO2/c9-5-1-2-6(10)7-4(5)3-12-8(7)11/h1-2,11H,3,10H2. The van der Waals surface area contributed by atoms with Gasteiger partial charge in [-0.1, -0.05) is 11.6 Å². The van der Waals surface area contributed by atoms with E-state index in [9.17, 15) is 5.02 Å². The molecule has 0 saturated heterocycles. The summed E-state index contributed by atoms with van der Waals surface area (Å²) in [5.41, 5.74) is 7.57. The Hall–Kier alpha value is -0.705. The second-order valence-electron chi connectivity index (χ2n) is 2.69. The lowest BCUT2D eigenvalue weighted by atomic mass is 9.78. The van der Waals surface area contributed by atoms with Gasteiger partial charge in [0.25, 0.3) is 0 Å². The first-order valence-electron chi connectivity index (χ1n) is 3.56. The minimum absolute atomic E-state index is 0.334. The molecule has 62 valence electrons. The number of nitrogen functional groups attached to an aromatic ring is 1. The van der Waals surface area contributed by atoms with E-state index >= 15 is 0 Å². The van der Waals surface area contributed by atoms with Crippen molar-refractivity contribution in [3.05, 3.63) is 22.7 Å². The molecule has 12 heavy (non-hydrogen) atoms. The summed E-state index contributed by atoms with van der Waals surface area (Å²) in [7, 11) is -0.918. The highest BCUT2D eigenvalue weighted by molar-refractivity contribution is 6.64. The topological polar surface area (TPSA) is 55.5 Å². The van der Waals surface area contributed by atoms with Gasteiger partial charge in [0, 0.05) is 16.2 Å². The molecular weight excluding hydrogens is 176 g/mol. The van der Waals surface area contributed by atoms with Crippen molar-refractivity contribution in [3.8, 4) is 0 Å². The summed E-state index contributed by atoms with van der Waals surface area (Å²) >= 11 is 5.86. The highest BCUT2D eigenvalue weighted by atomic mass is 35.5. The van der Waals surface area contributed by atoms with Gasteiger partial charge in [-0.15, -0.1) is 0 Å². The number of hydrogen-bond acceptors (Lipinski definition) is 3. The van der Waals surface area contributed by atoms with E-state index < -0.39 is 7.12 Å². The van der Waals surface area contributed by atoms with Crippen LogP contribution in [0, 0.1) is 0 Å². The van der Waals surface area contributed by atoms with E-state index in [0.717, 1.165) is 5.56 Å². The van der Waals surface area contributed by atoms with Crippen LogP contribution in [0.2, 0.25) is 5.02 Å². The maximum atomic E-state index is 9.33. The van der Waals surface area contributed by atoms with Crippen molar-refractivity contribution in [2.75, 3.05) is 5.73 Å².